The van der Waals surface area contributed by atoms with Crippen LogP contribution in [-0.2, 0) is 26.6 Å². The van der Waals surface area contributed by atoms with E-state index >= 15 is 0 Å². The number of hydrogen-bond acceptors (Lipinski definition) is 4. The number of rotatable bonds is 2. The lowest BCUT2D eigenvalue weighted by atomic mass is 9.95. The summed E-state index contributed by atoms with van der Waals surface area (Å²) in [6.07, 6.45) is 5.38. The van der Waals surface area contributed by atoms with Crippen LogP contribution < -0.4 is 10.6 Å². The molecule has 0 atom stereocenters. The fraction of sp³-hybridized carbons (Fsp3) is 0.706. The van der Waals surface area contributed by atoms with Crippen molar-refractivity contribution in [2.75, 3.05) is 5.32 Å². The van der Waals surface area contributed by atoms with Gasteiger partial charge in [0.2, 0.25) is 0 Å². The standard InChI is InChI=1S/C17H26N4O2S/c1-17(2,3)21-14(12-9-24-10-13(12)20-21)19-16(23)15(22)18-11-7-5-4-6-8-11/h11H,4-10H2,1-3H3,(H,18,22)(H,19,23). The molecule has 2 aliphatic rings. The molecule has 0 saturated heterocycles. The summed E-state index contributed by atoms with van der Waals surface area (Å²) in [5.41, 5.74) is 1.81. The summed E-state index contributed by atoms with van der Waals surface area (Å²) >= 11 is 1.78. The molecule has 2 N–H and O–H groups in total. The quantitative estimate of drug-likeness (QED) is 0.804. The Hall–Kier alpha value is -1.50. The van der Waals surface area contributed by atoms with Gasteiger partial charge in [-0.05, 0) is 33.6 Å². The monoisotopic (exact) mass is 350 g/mol. The lowest BCUT2D eigenvalue weighted by Crippen LogP contribution is -2.43. The number of amides is 2. The maximum absolute atomic E-state index is 12.4. The van der Waals surface area contributed by atoms with Crippen LogP contribution >= 0.6 is 11.8 Å². The molecule has 7 heteroatoms. The summed E-state index contributed by atoms with van der Waals surface area (Å²) in [7, 11) is 0. The minimum Gasteiger partial charge on any atom is -0.345 e. The largest absolute Gasteiger partial charge is 0.345 e. The molecule has 132 valence electrons. The van der Waals surface area contributed by atoms with Gasteiger partial charge < -0.3 is 10.6 Å². The highest BCUT2D eigenvalue weighted by atomic mass is 32.2. The van der Waals surface area contributed by atoms with E-state index in [0.717, 1.165) is 48.4 Å². The summed E-state index contributed by atoms with van der Waals surface area (Å²) in [5.74, 6) is 1.22. The van der Waals surface area contributed by atoms with E-state index in [2.05, 4.69) is 15.7 Å². The number of carbonyl (C=O) groups is 2. The molecule has 0 unspecified atom stereocenters. The van der Waals surface area contributed by atoms with Crippen molar-refractivity contribution in [3.63, 3.8) is 0 Å². The van der Waals surface area contributed by atoms with Crippen molar-refractivity contribution in [3.05, 3.63) is 11.3 Å². The number of anilines is 1. The zero-order valence-electron chi connectivity index (χ0n) is 14.6. The van der Waals surface area contributed by atoms with Gasteiger partial charge in [-0.25, -0.2) is 4.68 Å². The Kier molecular flexibility index (Phi) is 4.90. The van der Waals surface area contributed by atoms with E-state index in [-0.39, 0.29) is 11.6 Å². The van der Waals surface area contributed by atoms with Crippen molar-refractivity contribution in [2.45, 2.75) is 76.0 Å². The van der Waals surface area contributed by atoms with Crippen LogP contribution in [-0.4, -0.2) is 27.6 Å². The molecule has 0 aromatic carbocycles. The third-order valence-corrected chi connectivity index (χ3v) is 5.54. The first-order valence-corrected chi connectivity index (χ1v) is 9.82. The minimum absolute atomic E-state index is 0.130. The zero-order chi connectivity index (χ0) is 17.3. The Labute approximate surface area is 147 Å². The van der Waals surface area contributed by atoms with Crippen molar-refractivity contribution >= 4 is 29.4 Å². The average Bonchev–Trinajstić information content (AvgIpc) is 3.10. The van der Waals surface area contributed by atoms with Gasteiger partial charge in [-0.2, -0.15) is 16.9 Å². The predicted octanol–water partition coefficient (Wildman–Crippen LogP) is 2.77. The summed E-state index contributed by atoms with van der Waals surface area (Å²) in [6.45, 7) is 6.13. The van der Waals surface area contributed by atoms with Gasteiger partial charge in [0.05, 0.1) is 11.2 Å². The summed E-state index contributed by atoms with van der Waals surface area (Å²) in [6, 6.07) is 0.130. The Morgan fingerprint density at radius 1 is 1.12 bits per heavy atom. The number of fused-ring (bicyclic) bond motifs is 1. The average molecular weight is 350 g/mol. The summed E-state index contributed by atoms with van der Waals surface area (Å²) in [4.78, 5) is 24.6. The van der Waals surface area contributed by atoms with Crippen molar-refractivity contribution < 1.29 is 9.59 Å². The third kappa shape index (κ3) is 3.61. The zero-order valence-corrected chi connectivity index (χ0v) is 15.5. The molecule has 3 rings (SSSR count). The van der Waals surface area contributed by atoms with E-state index in [9.17, 15) is 9.59 Å². The molecule has 1 aliphatic carbocycles. The molecular formula is C17H26N4O2S. The van der Waals surface area contributed by atoms with Crippen LogP contribution in [0, 0.1) is 0 Å². The number of nitrogens with zero attached hydrogens (tertiary/aromatic N) is 2. The van der Waals surface area contributed by atoms with Crippen LogP contribution in [0.4, 0.5) is 5.82 Å². The van der Waals surface area contributed by atoms with Gasteiger partial charge in [0.1, 0.15) is 5.82 Å². The molecule has 0 radical (unpaired) electrons. The van der Waals surface area contributed by atoms with E-state index in [4.69, 9.17) is 0 Å². The molecule has 1 aromatic heterocycles. The second-order valence-corrected chi connectivity index (χ2v) is 8.60. The van der Waals surface area contributed by atoms with Gasteiger partial charge in [0.25, 0.3) is 0 Å². The van der Waals surface area contributed by atoms with Crippen LogP contribution in [0.3, 0.4) is 0 Å². The first-order valence-electron chi connectivity index (χ1n) is 8.67. The van der Waals surface area contributed by atoms with Gasteiger partial charge in [-0.3, -0.25) is 9.59 Å². The van der Waals surface area contributed by atoms with Crippen LogP contribution in [0.1, 0.15) is 64.1 Å². The second-order valence-electron chi connectivity index (χ2n) is 7.61. The van der Waals surface area contributed by atoms with Crippen LogP contribution in [0.15, 0.2) is 0 Å². The maximum atomic E-state index is 12.4. The minimum atomic E-state index is -0.592. The second kappa shape index (κ2) is 6.78. The summed E-state index contributed by atoms with van der Waals surface area (Å²) in [5, 5.41) is 10.3. The smallest absolute Gasteiger partial charge is 0.314 e. The van der Waals surface area contributed by atoms with Gasteiger partial charge in [-0.1, -0.05) is 19.3 Å². The SMILES string of the molecule is CC(C)(C)n1nc2c(c1NC(=O)C(=O)NC1CCCCC1)CSC2. The number of aromatic nitrogens is 2. The number of hydrogen-bond donors (Lipinski definition) is 2. The Morgan fingerprint density at radius 3 is 2.50 bits per heavy atom. The van der Waals surface area contributed by atoms with Crippen LogP contribution in [0.5, 0.6) is 0 Å². The van der Waals surface area contributed by atoms with E-state index in [1.165, 1.54) is 6.42 Å². The normalized spacial score (nSPS) is 18.3. The summed E-state index contributed by atoms with van der Waals surface area (Å²) < 4.78 is 1.84. The molecule has 24 heavy (non-hydrogen) atoms. The molecule has 0 bridgehead atoms. The van der Waals surface area contributed by atoms with Gasteiger partial charge in [0, 0.05) is 23.1 Å². The molecule has 6 nitrogen and oxygen atoms in total. The van der Waals surface area contributed by atoms with E-state index < -0.39 is 11.8 Å². The highest BCUT2D eigenvalue weighted by Gasteiger charge is 2.30. The molecule has 2 amide bonds. The van der Waals surface area contributed by atoms with Crippen LogP contribution in [0.2, 0.25) is 0 Å². The molecule has 1 aliphatic heterocycles. The van der Waals surface area contributed by atoms with E-state index in [1.807, 2.05) is 25.5 Å². The molecule has 2 heterocycles. The maximum Gasteiger partial charge on any atom is 0.314 e. The Morgan fingerprint density at radius 2 is 1.83 bits per heavy atom. The number of thioether (sulfide) groups is 1. The van der Waals surface area contributed by atoms with Crippen molar-refractivity contribution in [1.82, 2.24) is 15.1 Å². The topological polar surface area (TPSA) is 76.0 Å². The van der Waals surface area contributed by atoms with Gasteiger partial charge in [0.15, 0.2) is 0 Å². The molecule has 1 fully saturated rings. The molecule has 1 saturated carbocycles. The van der Waals surface area contributed by atoms with Crippen molar-refractivity contribution in [2.24, 2.45) is 0 Å². The highest BCUT2D eigenvalue weighted by molar-refractivity contribution is 7.98. The molecule has 1 aromatic rings. The lowest BCUT2D eigenvalue weighted by Gasteiger charge is -2.24. The number of nitrogens with one attached hydrogen (secondary N) is 2. The Balaban J connectivity index is 1.73. The van der Waals surface area contributed by atoms with E-state index in [0.29, 0.717) is 5.82 Å². The van der Waals surface area contributed by atoms with E-state index in [1.54, 1.807) is 11.8 Å². The fourth-order valence-electron chi connectivity index (χ4n) is 3.29. The molecular weight excluding hydrogens is 324 g/mol. The van der Waals surface area contributed by atoms with Crippen molar-refractivity contribution in [1.29, 1.82) is 0 Å². The third-order valence-electron chi connectivity index (χ3n) is 4.57. The van der Waals surface area contributed by atoms with Crippen LogP contribution in [0.25, 0.3) is 0 Å². The first kappa shape index (κ1) is 17.3. The fourth-order valence-corrected chi connectivity index (χ4v) is 4.32. The highest BCUT2D eigenvalue weighted by Crippen LogP contribution is 2.37. The van der Waals surface area contributed by atoms with Gasteiger partial charge >= 0.3 is 11.8 Å². The van der Waals surface area contributed by atoms with Gasteiger partial charge in [-0.15, -0.1) is 0 Å². The number of carbonyl (C=O) groups excluding carboxylic acids is 2. The first-order chi connectivity index (χ1) is 11.4. The molecule has 0 spiro atoms. The predicted molar refractivity (Wildman–Crippen MR) is 95.9 cm³/mol. The lowest BCUT2D eigenvalue weighted by molar-refractivity contribution is -0.136. The Bertz CT molecular complexity index is 642. The van der Waals surface area contributed by atoms with Crippen molar-refractivity contribution in [3.8, 4) is 0 Å².